The SMILES string of the molecule is O=C(C1CC1)N1CCC(NCc2ncc(Br)cc2Br)CC1. The Kier molecular flexibility index (Phi) is 4.96. The monoisotopic (exact) mass is 415 g/mol. The lowest BCUT2D eigenvalue weighted by Gasteiger charge is -2.32. The molecule has 2 fully saturated rings. The first kappa shape index (κ1) is 15.4. The zero-order valence-electron chi connectivity index (χ0n) is 11.8. The van der Waals surface area contributed by atoms with Crippen molar-refractivity contribution in [1.82, 2.24) is 15.2 Å². The molecule has 0 spiro atoms. The van der Waals surface area contributed by atoms with Gasteiger partial charge in [0.1, 0.15) is 0 Å². The molecule has 0 atom stereocenters. The molecule has 114 valence electrons. The highest BCUT2D eigenvalue weighted by molar-refractivity contribution is 9.11. The first-order valence-corrected chi connectivity index (χ1v) is 9.04. The summed E-state index contributed by atoms with van der Waals surface area (Å²) in [7, 11) is 0. The minimum Gasteiger partial charge on any atom is -0.342 e. The summed E-state index contributed by atoms with van der Waals surface area (Å²) in [6.07, 6.45) is 6.08. The molecule has 1 amide bonds. The van der Waals surface area contributed by atoms with Gasteiger partial charge in [-0.05, 0) is 63.6 Å². The van der Waals surface area contributed by atoms with Crippen molar-refractivity contribution in [2.24, 2.45) is 5.92 Å². The molecular formula is C15H19Br2N3O. The number of piperidine rings is 1. The van der Waals surface area contributed by atoms with Crippen LogP contribution >= 0.6 is 31.9 Å². The van der Waals surface area contributed by atoms with Gasteiger partial charge in [-0.15, -0.1) is 0 Å². The number of aromatic nitrogens is 1. The molecule has 0 radical (unpaired) electrons. The average molecular weight is 417 g/mol. The molecule has 2 heterocycles. The highest BCUT2D eigenvalue weighted by Crippen LogP contribution is 2.32. The van der Waals surface area contributed by atoms with E-state index in [1.165, 1.54) is 0 Å². The molecular weight excluding hydrogens is 398 g/mol. The third-order valence-electron chi connectivity index (χ3n) is 4.18. The first-order valence-electron chi connectivity index (χ1n) is 7.45. The summed E-state index contributed by atoms with van der Waals surface area (Å²) in [5.41, 5.74) is 1.02. The van der Waals surface area contributed by atoms with Crippen molar-refractivity contribution < 1.29 is 4.79 Å². The third-order valence-corrected chi connectivity index (χ3v) is 5.30. The van der Waals surface area contributed by atoms with Crippen molar-refractivity contribution in [3.05, 3.63) is 26.9 Å². The number of pyridine rings is 1. The second kappa shape index (κ2) is 6.75. The summed E-state index contributed by atoms with van der Waals surface area (Å²) < 4.78 is 2.00. The van der Waals surface area contributed by atoms with Crippen LogP contribution in [-0.2, 0) is 11.3 Å². The topological polar surface area (TPSA) is 45.2 Å². The highest BCUT2D eigenvalue weighted by Gasteiger charge is 2.34. The van der Waals surface area contributed by atoms with E-state index in [0.717, 1.165) is 60.0 Å². The van der Waals surface area contributed by atoms with Crippen LogP contribution in [-0.4, -0.2) is 34.9 Å². The Labute approximate surface area is 141 Å². The van der Waals surface area contributed by atoms with Gasteiger partial charge >= 0.3 is 0 Å². The molecule has 1 saturated carbocycles. The quantitative estimate of drug-likeness (QED) is 0.820. The Morgan fingerprint density at radius 3 is 2.62 bits per heavy atom. The van der Waals surface area contributed by atoms with Crippen molar-refractivity contribution >= 4 is 37.8 Å². The molecule has 1 N–H and O–H groups in total. The van der Waals surface area contributed by atoms with Crippen LogP contribution in [0.1, 0.15) is 31.4 Å². The van der Waals surface area contributed by atoms with Gasteiger partial charge in [0.2, 0.25) is 5.91 Å². The second-order valence-corrected chi connectivity index (χ2v) is 7.61. The number of nitrogens with one attached hydrogen (secondary N) is 1. The number of hydrogen-bond donors (Lipinski definition) is 1. The minimum atomic E-state index is 0.345. The lowest BCUT2D eigenvalue weighted by Crippen LogP contribution is -2.45. The molecule has 4 nitrogen and oxygen atoms in total. The Morgan fingerprint density at radius 1 is 1.29 bits per heavy atom. The van der Waals surface area contributed by atoms with Crippen molar-refractivity contribution in [2.45, 2.75) is 38.3 Å². The van der Waals surface area contributed by atoms with Gasteiger partial charge in [0.25, 0.3) is 0 Å². The number of nitrogens with zero attached hydrogens (tertiary/aromatic N) is 2. The van der Waals surface area contributed by atoms with E-state index in [1.54, 1.807) is 0 Å². The van der Waals surface area contributed by atoms with Crippen LogP contribution < -0.4 is 5.32 Å². The maximum atomic E-state index is 12.0. The van der Waals surface area contributed by atoms with Gasteiger partial charge in [0, 0.05) is 46.7 Å². The van der Waals surface area contributed by atoms with Crippen molar-refractivity contribution in [1.29, 1.82) is 0 Å². The van der Waals surface area contributed by atoms with Crippen LogP contribution in [0.3, 0.4) is 0 Å². The van der Waals surface area contributed by atoms with Gasteiger partial charge in [-0.1, -0.05) is 0 Å². The molecule has 21 heavy (non-hydrogen) atoms. The van der Waals surface area contributed by atoms with E-state index >= 15 is 0 Å². The van der Waals surface area contributed by atoms with E-state index in [2.05, 4.69) is 42.2 Å². The molecule has 1 aliphatic heterocycles. The Bertz CT molecular complexity index is 526. The normalized spacial score (nSPS) is 19.8. The van der Waals surface area contributed by atoms with E-state index in [9.17, 15) is 4.79 Å². The molecule has 1 aromatic rings. The van der Waals surface area contributed by atoms with Crippen LogP contribution in [0, 0.1) is 5.92 Å². The number of carbonyl (C=O) groups is 1. The Hall–Kier alpha value is -0.460. The molecule has 0 aromatic carbocycles. The second-order valence-electron chi connectivity index (χ2n) is 5.84. The van der Waals surface area contributed by atoms with Gasteiger partial charge in [-0.25, -0.2) is 0 Å². The smallest absolute Gasteiger partial charge is 0.225 e. The number of halogens is 2. The Morgan fingerprint density at radius 2 is 2.00 bits per heavy atom. The molecule has 3 rings (SSSR count). The van der Waals surface area contributed by atoms with Gasteiger partial charge in [-0.3, -0.25) is 9.78 Å². The molecule has 0 unspecified atom stereocenters. The molecule has 2 aliphatic rings. The van der Waals surface area contributed by atoms with Crippen LogP contribution in [0.4, 0.5) is 0 Å². The van der Waals surface area contributed by atoms with E-state index in [1.807, 2.05) is 17.2 Å². The zero-order chi connectivity index (χ0) is 14.8. The van der Waals surface area contributed by atoms with Crippen molar-refractivity contribution in [3.8, 4) is 0 Å². The van der Waals surface area contributed by atoms with Gasteiger partial charge in [-0.2, -0.15) is 0 Å². The lowest BCUT2D eigenvalue weighted by molar-refractivity contribution is -0.133. The summed E-state index contributed by atoms with van der Waals surface area (Å²) in [6, 6.07) is 2.49. The number of likely N-dealkylation sites (tertiary alicyclic amines) is 1. The molecule has 0 bridgehead atoms. The molecule has 1 aromatic heterocycles. The van der Waals surface area contributed by atoms with Crippen molar-refractivity contribution in [3.63, 3.8) is 0 Å². The maximum absolute atomic E-state index is 12.0. The van der Waals surface area contributed by atoms with Crippen LogP contribution in [0.5, 0.6) is 0 Å². The van der Waals surface area contributed by atoms with Crippen LogP contribution in [0.25, 0.3) is 0 Å². The summed E-state index contributed by atoms with van der Waals surface area (Å²) >= 11 is 6.95. The van der Waals surface area contributed by atoms with Gasteiger partial charge < -0.3 is 10.2 Å². The van der Waals surface area contributed by atoms with Crippen LogP contribution in [0.2, 0.25) is 0 Å². The van der Waals surface area contributed by atoms with E-state index in [0.29, 0.717) is 17.9 Å². The predicted molar refractivity (Wildman–Crippen MR) is 88.8 cm³/mol. The van der Waals surface area contributed by atoms with Crippen molar-refractivity contribution in [2.75, 3.05) is 13.1 Å². The largest absolute Gasteiger partial charge is 0.342 e. The molecule has 1 saturated heterocycles. The predicted octanol–water partition coefficient (Wildman–Crippen LogP) is 3.10. The lowest BCUT2D eigenvalue weighted by atomic mass is 10.0. The zero-order valence-corrected chi connectivity index (χ0v) is 15.0. The fourth-order valence-electron chi connectivity index (χ4n) is 2.71. The van der Waals surface area contributed by atoms with E-state index in [-0.39, 0.29) is 0 Å². The van der Waals surface area contributed by atoms with Crippen LogP contribution in [0.15, 0.2) is 21.2 Å². The highest BCUT2D eigenvalue weighted by atomic mass is 79.9. The summed E-state index contributed by atoms with van der Waals surface area (Å²) in [5.74, 6) is 0.725. The number of carbonyl (C=O) groups excluding carboxylic acids is 1. The Balaban J connectivity index is 1.45. The maximum Gasteiger partial charge on any atom is 0.225 e. The minimum absolute atomic E-state index is 0.345. The standard InChI is InChI=1S/C15H19Br2N3O/c16-11-7-13(17)14(19-8-11)9-18-12-3-5-20(6-4-12)15(21)10-1-2-10/h7-8,10,12,18H,1-6,9H2. The molecule has 6 heteroatoms. The molecule has 1 aliphatic carbocycles. The fourth-order valence-corrected chi connectivity index (χ4v) is 3.83. The van der Waals surface area contributed by atoms with Gasteiger partial charge in [0.15, 0.2) is 0 Å². The third kappa shape index (κ3) is 4.05. The van der Waals surface area contributed by atoms with Gasteiger partial charge in [0.05, 0.1) is 5.69 Å². The van der Waals surface area contributed by atoms with E-state index < -0.39 is 0 Å². The number of amides is 1. The number of rotatable bonds is 4. The van der Waals surface area contributed by atoms with E-state index in [4.69, 9.17) is 0 Å². The summed E-state index contributed by atoms with van der Waals surface area (Å²) in [6.45, 7) is 2.54. The number of hydrogen-bond acceptors (Lipinski definition) is 3. The summed E-state index contributed by atoms with van der Waals surface area (Å²) in [4.78, 5) is 18.5. The first-order chi connectivity index (χ1) is 10.1. The summed E-state index contributed by atoms with van der Waals surface area (Å²) in [5, 5.41) is 3.56. The average Bonchev–Trinajstić information content (AvgIpc) is 3.31. The fraction of sp³-hybridized carbons (Fsp3) is 0.600.